The maximum Gasteiger partial charge on any atom is 0.251 e. The number of benzene rings is 1. The summed E-state index contributed by atoms with van der Waals surface area (Å²) in [4.78, 5) is 26.9. The van der Waals surface area contributed by atoms with Crippen LogP contribution in [0.2, 0.25) is 0 Å². The fraction of sp³-hybridized carbons (Fsp3) is 0.227. The second-order valence-electron chi connectivity index (χ2n) is 7.24. The smallest absolute Gasteiger partial charge is 0.251 e. The molecule has 1 fully saturated rings. The fourth-order valence-electron chi connectivity index (χ4n) is 3.93. The van der Waals surface area contributed by atoms with Crippen LogP contribution in [-0.4, -0.2) is 40.0 Å². The third kappa shape index (κ3) is 3.35. The van der Waals surface area contributed by atoms with Crippen LogP contribution in [0.4, 0.5) is 5.82 Å². The summed E-state index contributed by atoms with van der Waals surface area (Å²) >= 11 is 0. The number of amides is 1. The Morgan fingerprint density at radius 3 is 2.72 bits per heavy atom. The van der Waals surface area contributed by atoms with E-state index in [4.69, 9.17) is 4.42 Å². The highest BCUT2D eigenvalue weighted by Gasteiger charge is 2.25. The van der Waals surface area contributed by atoms with E-state index in [9.17, 15) is 4.79 Å². The molecule has 29 heavy (non-hydrogen) atoms. The van der Waals surface area contributed by atoms with Gasteiger partial charge >= 0.3 is 0 Å². The first-order valence-corrected chi connectivity index (χ1v) is 9.75. The molecule has 0 atom stereocenters. The fourth-order valence-corrected chi connectivity index (χ4v) is 3.93. The number of hydrogen-bond acceptors (Lipinski definition) is 5. The minimum Gasteiger partial charge on any atom is -0.472 e. The number of rotatable bonds is 4. The molecule has 4 aromatic rings. The van der Waals surface area contributed by atoms with E-state index in [0.717, 1.165) is 53.9 Å². The van der Waals surface area contributed by atoms with Crippen LogP contribution in [0.15, 0.2) is 65.9 Å². The maximum absolute atomic E-state index is 12.4. The summed E-state index contributed by atoms with van der Waals surface area (Å²) in [6.45, 7) is 1.64. The summed E-state index contributed by atoms with van der Waals surface area (Å²) < 4.78 is 5.25. The zero-order chi connectivity index (χ0) is 19.6. The van der Waals surface area contributed by atoms with Crippen molar-refractivity contribution < 1.29 is 9.21 Å². The third-order valence-electron chi connectivity index (χ3n) is 5.45. The van der Waals surface area contributed by atoms with E-state index in [-0.39, 0.29) is 11.9 Å². The molecule has 0 radical (unpaired) electrons. The first-order chi connectivity index (χ1) is 14.3. The number of nitrogens with one attached hydrogen (secondary N) is 2. The number of furan rings is 1. The van der Waals surface area contributed by atoms with Gasteiger partial charge in [0.25, 0.3) is 5.91 Å². The lowest BCUT2D eigenvalue weighted by molar-refractivity contribution is 0.0931. The molecule has 7 nitrogen and oxygen atoms in total. The van der Waals surface area contributed by atoms with Gasteiger partial charge in [-0.25, -0.2) is 9.97 Å². The SMILES string of the molecule is O=C(NC1CCN(c2ncnc3[nH]cc(-c4ccoc4)c23)CC1)c1ccccc1. The van der Waals surface area contributed by atoms with E-state index < -0.39 is 0 Å². The maximum atomic E-state index is 12.4. The van der Waals surface area contributed by atoms with Crippen LogP contribution in [0, 0.1) is 0 Å². The van der Waals surface area contributed by atoms with Gasteiger partial charge in [0.2, 0.25) is 0 Å². The molecule has 0 saturated carbocycles. The van der Waals surface area contributed by atoms with Crippen LogP contribution in [0.1, 0.15) is 23.2 Å². The zero-order valence-electron chi connectivity index (χ0n) is 15.8. The normalized spacial score (nSPS) is 15.0. The summed E-state index contributed by atoms with van der Waals surface area (Å²) in [7, 11) is 0. The highest BCUT2D eigenvalue weighted by Crippen LogP contribution is 2.34. The molecule has 1 amide bonds. The largest absolute Gasteiger partial charge is 0.472 e. The Morgan fingerprint density at radius 2 is 1.97 bits per heavy atom. The standard InChI is InChI=1S/C22H21N5O2/c28-22(15-4-2-1-3-5-15)26-17-6-9-27(10-7-17)21-19-18(16-8-11-29-13-16)12-23-20(19)24-14-25-21/h1-5,8,11-14,17H,6-7,9-10H2,(H,26,28)(H,23,24,25). The van der Waals surface area contributed by atoms with Crippen molar-refractivity contribution in [2.24, 2.45) is 0 Å². The number of anilines is 1. The summed E-state index contributed by atoms with van der Waals surface area (Å²) in [5.74, 6) is 0.904. The van der Waals surface area contributed by atoms with Gasteiger partial charge in [-0.3, -0.25) is 4.79 Å². The molecule has 146 valence electrons. The van der Waals surface area contributed by atoms with Gasteiger partial charge < -0.3 is 19.6 Å². The predicted octanol–water partition coefficient (Wildman–Crippen LogP) is 3.62. The summed E-state index contributed by atoms with van der Waals surface area (Å²) in [6.07, 6.45) is 8.67. The second-order valence-corrected chi connectivity index (χ2v) is 7.24. The number of hydrogen-bond donors (Lipinski definition) is 2. The lowest BCUT2D eigenvalue weighted by atomic mass is 10.0. The number of carbonyl (C=O) groups is 1. The number of H-pyrrole nitrogens is 1. The Hall–Kier alpha value is -3.61. The average molecular weight is 387 g/mol. The predicted molar refractivity (Wildman–Crippen MR) is 111 cm³/mol. The van der Waals surface area contributed by atoms with Crippen molar-refractivity contribution >= 4 is 22.8 Å². The summed E-state index contributed by atoms with van der Waals surface area (Å²) in [5, 5.41) is 4.16. The van der Waals surface area contributed by atoms with Crippen LogP contribution in [0.3, 0.4) is 0 Å². The molecule has 1 aromatic carbocycles. The minimum absolute atomic E-state index is 0.0126. The third-order valence-corrected chi connectivity index (χ3v) is 5.45. The van der Waals surface area contributed by atoms with Crippen molar-refractivity contribution in [3.8, 4) is 11.1 Å². The number of piperidine rings is 1. The highest BCUT2D eigenvalue weighted by atomic mass is 16.3. The number of fused-ring (bicyclic) bond motifs is 1. The monoisotopic (exact) mass is 387 g/mol. The van der Waals surface area contributed by atoms with Crippen molar-refractivity contribution in [1.82, 2.24) is 20.3 Å². The molecule has 0 aliphatic carbocycles. The molecule has 1 aliphatic rings. The van der Waals surface area contributed by atoms with Crippen molar-refractivity contribution in [3.05, 3.63) is 67.0 Å². The van der Waals surface area contributed by atoms with Crippen LogP contribution < -0.4 is 10.2 Å². The quantitative estimate of drug-likeness (QED) is 0.558. The topological polar surface area (TPSA) is 87.0 Å². The van der Waals surface area contributed by atoms with Gasteiger partial charge in [0.15, 0.2) is 0 Å². The Bertz CT molecular complexity index is 1110. The van der Waals surface area contributed by atoms with Crippen LogP contribution in [0.25, 0.3) is 22.2 Å². The summed E-state index contributed by atoms with van der Waals surface area (Å²) in [6, 6.07) is 11.5. The Morgan fingerprint density at radius 1 is 1.14 bits per heavy atom. The van der Waals surface area contributed by atoms with E-state index in [1.54, 1.807) is 18.9 Å². The number of nitrogens with zero attached hydrogens (tertiary/aromatic N) is 3. The van der Waals surface area contributed by atoms with Crippen molar-refractivity contribution in [2.45, 2.75) is 18.9 Å². The Balaban J connectivity index is 1.33. The van der Waals surface area contributed by atoms with E-state index in [1.165, 1.54) is 0 Å². The van der Waals surface area contributed by atoms with Gasteiger partial charge in [-0.1, -0.05) is 18.2 Å². The molecule has 1 aliphatic heterocycles. The molecule has 5 rings (SSSR count). The van der Waals surface area contributed by atoms with Crippen LogP contribution in [0.5, 0.6) is 0 Å². The number of aromatic amines is 1. The van der Waals surface area contributed by atoms with Gasteiger partial charge in [0, 0.05) is 42.0 Å². The van der Waals surface area contributed by atoms with Gasteiger partial charge in [-0.2, -0.15) is 0 Å². The van der Waals surface area contributed by atoms with Crippen molar-refractivity contribution in [2.75, 3.05) is 18.0 Å². The molecule has 4 heterocycles. The van der Waals surface area contributed by atoms with Gasteiger partial charge in [-0.15, -0.1) is 0 Å². The molecule has 0 unspecified atom stereocenters. The van der Waals surface area contributed by atoms with Gasteiger partial charge in [0.1, 0.15) is 17.8 Å². The Kier molecular flexibility index (Phi) is 4.48. The highest BCUT2D eigenvalue weighted by molar-refractivity contribution is 6.01. The second kappa shape index (κ2) is 7.43. The van der Waals surface area contributed by atoms with Crippen molar-refractivity contribution in [1.29, 1.82) is 0 Å². The number of carbonyl (C=O) groups excluding carboxylic acids is 1. The molecule has 7 heteroatoms. The number of aromatic nitrogens is 3. The molecular formula is C22H21N5O2. The van der Waals surface area contributed by atoms with Crippen LogP contribution >= 0.6 is 0 Å². The lowest BCUT2D eigenvalue weighted by Crippen LogP contribution is -2.45. The molecule has 2 N–H and O–H groups in total. The lowest BCUT2D eigenvalue weighted by Gasteiger charge is -2.33. The summed E-state index contributed by atoms with van der Waals surface area (Å²) in [5.41, 5.74) is 3.54. The molecule has 3 aromatic heterocycles. The molecule has 0 spiro atoms. The van der Waals surface area contributed by atoms with Gasteiger partial charge in [0.05, 0.1) is 17.9 Å². The van der Waals surface area contributed by atoms with Gasteiger partial charge in [-0.05, 0) is 31.0 Å². The average Bonchev–Trinajstić information content (AvgIpc) is 3.44. The zero-order valence-corrected chi connectivity index (χ0v) is 15.8. The first-order valence-electron chi connectivity index (χ1n) is 9.75. The van der Waals surface area contributed by atoms with Crippen LogP contribution in [-0.2, 0) is 0 Å². The Labute approximate surface area is 167 Å². The van der Waals surface area contributed by atoms with E-state index in [0.29, 0.717) is 5.56 Å². The van der Waals surface area contributed by atoms with Crippen molar-refractivity contribution in [3.63, 3.8) is 0 Å². The van der Waals surface area contributed by atoms with E-state index in [1.807, 2.05) is 42.6 Å². The molecule has 1 saturated heterocycles. The molecular weight excluding hydrogens is 366 g/mol. The first kappa shape index (κ1) is 17.5. The minimum atomic E-state index is -0.0126. The van der Waals surface area contributed by atoms with E-state index in [2.05, 4.69) is 25.2 Å². The van der Waals surface area contributed by atoms with E-state index >= 15 is 0 Å². The molecule has 0 bridgehead atoms.